The summed E-state index contributed by atoms with van der Waals surface area (Å²) >= 11 is 5.32. The number of H-pyrrole nitrogens is 1. The third-order valence-electron chi connectivity index (χ3n) is 2.89. The van der Waals surface area contributed by atoms with Crippen LogP contribution in [0.1, 0.15) is 13.8 Å². The number of hydrogen-bond acceptors (Lipinski definition) is 4. The third-order valence-corrected chi connectivity index (χ3v) is 3.16. The number of benzene rings is 1. The molecule has 0 fully saturated rings. The van der Waals surface area contributed by atoms with Crippen molar-refractivity contribution in [3.8, 4) is 5.69 Å². The van der Waals surface area contributed by atoms with Crippen LogP contribution in [-0.2, 0) is 4.74 Å². The number of hydrogen-bond donors (Lipinski definition) is 1. The summed E-state index contributed by atoms with van der Waals surface area (Å²) in [5.74, 6) is 0.786. The largest absolute Gasteiger partial charge is 0.377 e. The summed E-state index contributed by atoms with van der Waals surface area (Å²) in [5, 5.41) is 7.16. The molecule has 20 heavy (non-hydrogen) atoms. The fraction of sp³-hybridized carbons (Fsp3) is 0.429. The molecular formula is C14H20N4OS. The SMILES string of the molecule is CC(C)OCCN(C)c1n[nH]c(=S)n1-c1ccccc1. The average Bonchev–Trinajstić information content (AvgIpc) is 2.81. The van der Waals surface area contributed by atoms with Gasteiger partial charge in [0.05, 0.1) is 18.4 Å². The monoisotopic (exact) mass is 292 g/mol. The minimum absolute atomic E-state index is 0.235. The number of nitrogens with zero attached hydrogens (tertiary/aromatic N) is 3. The van der Waals surface area contributed by atoms with E-state index in [2.05, 4.69) is 10.2 Å². The Balaban J connectivity index is 2.19. The van der Waals surface area contributed by atoms with Crippen LogP contribution in [0.25, 0.3) is 5.69 Å². The Morgan fingerprint density at radius 3 is 2.70 bits per heavy atom. The van der Waals surface area contributed by atoms with Gasteiger partial charge in [-0.05, 0) is 38.2 Å². The molecule has 0 bridgehead atoms. The molecule has 0 amide bonds. The Hall–Kier alpha value is -1.66. The Labute approximate surface area is 124 Å². The van der Waals surface area contributed by atoms with Gasteiger partial charge in [0.2, 0.25) is 10.7 Å². The van der Waals surface area contributed by atoms with E-state index in [4.69, 9.17) is 17.0 Å². The van der Waals surface area contributed by atoms with Crippen molar-refractivity contribution in [3.05, 3.63) is 35.1 Å². The zero-order chi connectivity index (χ0) is 14.5. The van der Waals surface area contributed by atoms with Crippen molar-refractivity contribution in [2.24, 2.45) is 0 Å². The van der Waals surface area contributed by atoms with Crippen LogP contribution in [0.4, 0.5) is 5.95 Å². The summed E-state index contributed by atoms with van der Waals surface area (Å²) < 4.78 is 8.08. The highest BCUT2D eigenvalue weighted by molar-refractivity contribution is 7.71. The summed E-state index contributed by atoms with van der Waals surface area (Å²) in [6, 6.07) is 9.96. The van der Waals surface area contributed by atoms with E-state index in [1.54, 1.807) is 0 Å². The van der Waals surface area contributed by atoms with Gasteiger partial charge in [0.15, 0.2) is 0 Å². The molecular weight excluding hydrogens is 272 g/mol. The van der Waals surface area contributed by atoms with Crippen LogP contribution < -0.4 is 4.90 Å². The van der Waals surface area contributed by atoms with Crippen LogP contribution >= 0.6 is 12.2 Å². The zero-order valence-electron chi connectivity index (χ0n) is 12.0. The number of anilines is 1. The molecule has 0 aliphatic heterocycles. The van der Waals surface area contributed by atoms with Gasteiger partial charge in [0, 0.05) is 13.6 Å². The molecule has 1 aromatic carbocycles. The molecule has 0 aliphatic rings. The lowest BCUT2D eigenvalue weighted by atomic mass is 10.3. The van der Waals surface area contributed by atoms with Crippen LogP contribution in [0, 0.1) is 4.77 Å². The van der Waals surface area contributed by atoms with Gasteiger partial charge < -0.3 is 9.64 Å². The number of aromatic nitrogens is 3. The summed E-state index contributed by atoms with van der Waals surface area (Å²) in [7, 11) is 1.98. The van der Waals surface area contributed by atoms with Crippen LogP contribution in [0.3, 0.4) is 0 Å². The van der Waals surface area contributed by atoms with Gasteiger partial charge in [-0.15, -0.1) is 5.10 Å². The Kier molecular flexibility index (Phi) is 4.92. The number of aromatic amines is 1. The van der Waals surface area contributed by atoms with Crippen LogP contribution in [0.5, 0.6) is 0 Å². The maximum Gasteiger partial charge on any atom is 0.230 e. The number of nitrogens with one attached hydrogen (secondary N) is 1. The topological polar surface area (TPSA) is 46.1 Å². The van der Waals surface area contributed by atoms with Gasteiger partial charge in [-0.25, -0.2) is 5.10 Å². The van der Waals surface area contributed by atoms with Gasteiger partial charge in [-0.2, -0.15) is 0 Å². The second kappa shape index (κ2) is 6.67. The molecule has 0 atom stereocenters. The number of ether oxygens (including phenoxy) is 1. The van der Waals surface area contributed by atoms with Crippen molar-refractivity contribution < 1.29 is 4.74 Å². The molecule has 6 heteroatoms. The van der Waals surface area contributed by atoms with Crippen LogP contribution in [-0.4, -0.2) is 41.1 Å². The molecule has 108 valence electrons. The van der Waals surface area contributed by atoms with Crippen molar-refractivity contribution in [2.45, 2.75) is 20.0 Å². The zero-order valence-corrected chi connectivity index (χ0v) is 12.9. The molecule has 0 spiro atoms. The second-order valence-electron chi connectivity index (χ2n) is 4.84. The molecule has 0 unspecified atom stereocenters. The molecule has 1 aromatic heterocycles. The molecule has 2 rings (SSSR count). The summed E-state index contributed by atoms with van der Waals surface area (Å²) in [5.41, 5.74) is 0.998. The van der Waals surface area contributed by atoms with E-state index in [-0.39, 0.29) is 6.10 Å². The van der Waals surface area contributed by atoms with Crippen LogP contribution in [0.2, 0.25) is 0 Å². The number of likely N-dealkylation sites (N-methyl/N-ethyl adjacent to an activating group) is 1. The highest BCUT2D eigenvalue weighted by Crippen LogP contribution is 2.16. The normalized spacial score (nSPS) is 11.0. The van der Waals surface area contributed by atoms with Gasteiger partial charge in [0.25, 0.3) is 0 Å². The van der Waals surface area contributed by atoms with Crippen molar-refractivity contribution in [1.82, 2.24) is 14.8 Å². The fourth-order valence-electron chi connectivity index (χ4n) is 1.88. The highest BCUT2D eigenvalue weighted by Gasteiger charge is 2.12. The lowest BCUT2D eigenvalue weighted by Gasteiger charge is -2.19. The molecule has 1 heterocycles. The number of para-hydroxylation sites is 1. The Morgan fingerprint density at radius 2 is 2.05 bits per heavy atom. The minimum Gasteiger partial charge on any atom is -0.377 e. The smallest absolute Gasteiger partial charge is 0.230 e. The first-order valence-electron chi connectivity index (χ1n) is 6.65. The van der Waals surface area contributed by atoms with E-state index < -0.39 is 0 Å². The van der Waals surface area contributed by atoms with Crippen LogP contribution in [0.15, 0.2) is 30.3 Å². The summed E-state index contributed by atoms with van der Waals surface area (Å²) in [6.07, 6.45) is 0.235. The van der Waals surface area contributed by atoms with Gasteiger partial charge in [-0.1, -0.05) is 18.2 Å². The first-order valence-corrected chi connectivity index (χ1v) is 7.06. The van der Waals surface area contributed by atoms with E-state index >= 15 is 0 Å². The quantitative estimate of drug-likeness (QED) is 0.832. The standard InChI is InChI=1S/C14H20N4OS/c1-11(2)19-10-9-17(3)13-15-16-14(20)18(13)12-7-5-4-6-8-12/h4-8,11H,9-10H2,1-3H3,(H,16,20). The first-order chi connectivity index (χ1) is 9.59. The van der Waals surface area contributed by atoms with E-state index in [1.165, 1.54) is 0 Å². The predicted octanol–water partition coefficient (Wildman–Crippen LogP) is 2.79. The van der Waals surface area contributed by atoms with E-state index in [0.29, 0.717) is 11.4 Å². The van der Waals surface area contributed by atoms with E-state index in [9.17, 15) is 0 Å². The van der Waals surface area contributed by atoms with Gasteiger partial charge >= 0.3 is 0 Å². The Bertz CT molecular complexity index is 591. The minimum atomic E-state index is 0.235. The first kappa shape index (κ1) is 14.7. The van der Waals surface area contributed by atoms with Crippen molar-refractivity contribution in [3.63, 3.8) is 0 Å². The third kappa shape index (κ3) is 3.46. The fourth-order valence-corrected chi connectivity index (χ4v) is 2.11. The molecule has 0 saturated heterocycles. The molecule has 1 N–H and O–H groups in total. The van der Waals surface area contributed by atoms with Gasteiger partial charge in [0.1, 0.15) is 0 Å². The van der Waals surface area contributed by atoms with Crippen molar-refractivity contribution in [1.29, 1.82) is 0 Å². The molecule has 0 radical (unpaired) electrons. The average molecular weight is 292 g/mol. The lowest BCUT2D eigenvalue weighted by Crippen LogP contribution is -2.26. The second-order valence-corrected chi connectivity index (χ2v) is 5.23. The molecule has 2 aromatic rings. The maximum atomic E-state index is 5.57. The lowest BCUT2D eigenvalue weighted by molar-refractivity contribution is 0.0844. The number of rotatable bonds is 6. The summed E-state index contributed by atoms with van der Waals surface area (Å²) in [6.45, 7) is 5.47. The van der Waals surface area contributed by atoms with E-state index in [0.717, 1.165) is 18.2 Å². The Morgan fingerprint density at radius 1 is 1.35 bits per heavy atom. The molecule has 0 aliphatic carbocycles. The molecule has 5 nitrogen and oxygen atoms in total. The summed E-state index contributed by atoms with van der Waals surface area (Å²) in [4.78, 5) is 2.03. The van der Waals surface area contributed by atoms with Crippen molar-refractivity contribution in [2.75, 3.05) is 25.1 Å². The van der Waals surface area contributed by atoms with Crippen molar-refractivity contribution >= 4 is 18.2 Å². The van der Waals surface area contributed by atoms with E-state index in [1.807, 2.05) is 60.7 Å². The van der Waals surface area contributed by atoms with Gasteiger partial charge in [-0.3, -0.25) is 4.57 Å². The molecule has 0 saturated carbocycles. The maximum absolute atomic E-state index is 5.57. The highest BCUT2D eigenvalue weighted by atomic mass is 32.1. The predicted molar refractivity (Wildman–Crippen MR) is 83.1 cm³/mol.